The first-order valence-electron chi connectivity index (χ1n) is 5.15. The van der Waals surface area contributed by atoms with E-state index in [9.17, 15) is 0 Å². The van der Waals surface area contributed by atoms with Gasteiger partial charge >= 0.3 is 0 Å². The Labute approximate surface area is 113 Å². The summed E-state index contributed by atoms with van der Waals surface area (Å²) in [5.41, 5.74) is 1.28. The van der Waals surface area contributed by atoms with Crippen LogP contribution in [0.25, 0.3) is 0 Å². The van der Waals surface area contributed by atoms with E-state index in [1.807, 2.05) is 18.2 Å². The number of nitrogens with zero attached hydrogens (tertiary/aromatic N) is 2. The van der Waals surface area contributed by atoms with E-state index < -0.39 is 0 Å². The van der Waals surface area contributed by atoms with Crippen molar-refractivity contribution in [1.82, 2.24) is 0 Å². The summed E-state index contributed by atoms with van der Waals surface area (Å²) < 4.78 is 6.09. The van der Waals surface area contributed by atoms with Crippen LogP contribution in [0.3, 0.4) is 0 Å². The zero-order valence-corrected chi connectivity index (χ0v) is 10.9. The van der Waals surface area contributed by atoms with Crippen LogP contribution < -0.4 is 5.32 Å². The maximum absolute atomic E-state index is 9.00. The third-order valence-electron chi connectivity index (χ3n) is 2.33. The molecule has 88 valence electrons. The summed E-state index contributed by atoms with van der Waals surface area (Å²) in [6.07, 6.45) is 0. The van der Waals surface area contributed by atoms with Crippen molar-refractivity contribution in [1.29, 1.82) is 10.5 Å². The summed E-state index contributed by atoms with van der Waals surface area (Å²) in [4.78, 5) is 0. The Bertz CT molecular complexity index is 649. The Balaban J connectivity index is 2.11. The van der Waals surface area contributed by atoms with E-state index in [-0.39, 0.29) is 5.76 Å². The monoisotopic (exact) mass is 301 g/mol. The zero-order chi connectivity index (χ0) is 13.0. The summed E-state index contributed by atoms with van der Waals surface area (Å²) in [6.45, 7) is 0.429. The topological polar surface area (TPSA) is 72.8 Å². The van der Waals surface area contributed by atoms with Gasteiger partial charge < -0.3 is 9.73 Å². The van der Waals surface area contributed by atoms with E-state index in [0.29, 0.717) is 17.9 Å². The molecule has 0 unspecified atom stereocenters. The molecule has 0 amide bonds. The second kappa shape index (κ2) is 5.39. The number of nitrogens with one attached hydrogen (secondary N) is 1. The van der Waals surface area contributed by atoms with Gasteiger partial charge in [-0.25, -0.2) is 0 Å². The van der Waals surface area contributed by atoms with Gasteiger partial charge in [-0.05, 0) is 30.3 Å². The Morgan fingerprint density at radius 2 is 2.00 bits per heavy atom. The van der Waals surface area contributed by atoms with Crippen LogP contribution in [0.1, 0.15) is 17.1 Å². The van der Waals surface area contributed by atoms with Crippen molar-refractivity contribution >= 4 is 21.6 Å². The summed E-state index contributed by atoms with van der Waals surface area (Å²) in [5.74, 6) is 0.932. The minimum atomic E-state index is 0.281. The van der Waals surface area contributed by atoms with Crippen molar-refractivity contribution in [2.24, 2.45) is 0 Å². The van der Waals surface area contributed by atoms with Gasteiger partial charge in [0, 0.05) is 4.47 Å². The van der Waals surface area contributed by atoms with Gasteiger partial charge in [0.2, 0.25) is 5.76 Å². The molecule has 1 aromatic heterocycles. The van der Waals surface area contributed by atoms with Crippen LogP contribution >= 0.6 is 15.9 Å². The first kappa shape index (κ1) is 12.2. The lowest BCUT2D eigenvalue weighted by Crippen LogP contribution is -2.00. The number of benzene rings is 1. The van der Waals surface area contributed by atoms with E-state index in [4.69, 9.17) is 14.9 Å². The van der Waals surface area contributed by atoms with Gasteiger partial charge in [0.1, 0.15) is 17.9 Å². The van der Waals surface area contributed by atoms with Crippen LogP contribution in [0, 0.1) is 22.7 Å². The predicted molar refractivity (Wildman–Crippen MR) is 69.6 cm³/mol. The molecular formula is C13H8BrN3O. The summed E-state index contributed by atoms with van der Waals surface area (Å²) in [7, 11) is 0. The molecule has 0 atom stereocenters. The molecule has 0 aliphatic carbocycles. The van der Waals surface area contributed by atoms with E-state index in [0.717, 1.165) is 10.2 Å². The van der Waals surface area contributed by atoms with E-state index in [2.05, 4.69) is 27.3 Å². The number of hydrogen-bond acceptors (Lipinski definition) is 4. The van der Waals surface area contributed by atoms with Crippen molar-refractivity contribution in [2.45, 2.75) is 6.54 Å². The van der Waals surface area contributed by atoms with Gasteiger partial charge in [0.05, 0.1) is 17.8 Å². The summed E-state index contributed by atoms with van der Waals surface area (Å²) in [6, 6.07) is 12.8. The lowest BCUT2D eigenvalue weighted by atomic mass is 10.2. The third-order valence-corrected chi connectivity index (χ3v) is 2.82. The second-order valence-electron chi connectivity index (χ2n) is 3.53. The minimum Gasteiger partial charge on any atom is -0.449 e. The summed E-state index contributed by atoms with van der Waals surface area (Å²) in [5, 5.41) is 20.7. The molecule has 0 radical (unpaired) electrons. The molecule has 2 aromatic rings. The van der Waals surface area contributed by atoms with Gasteiger partial charge in [-0.15, -0.1) is 0 Å². The molecule has 0 aliphatic heterocycles. The molecule has 18 heavy (non-hydrogen) atoms. The van der Waals surface area contributed by atoms with E-state index >= 15 is 0 Å². The molecule has 1 N–H and O–H groups in total. The van der Waals surface area contributed by atoms with Crippen LogP contribution in [0.15, 0.2) is 39.2 Å². The van der Waals surface area contributed by atoms with Gasteiger partial charge in [0.25, 0.3) is 0 Å². The Hall–Kier alpha value is -2.24. The second-order valence-corrected chi connectivity index (χ2v) is 4.45. The molecule has 0 bridgehead atoms. The van der Waals surface area contributed by atoms with Gasteiger partial charge in [-0.3, -0.25) is 0 Å². The van der Waals surface area contributed by atoms with Gasteiger partial charge in [-0.1, -0.05) is 15.9 Å². The maximum Gasteiger partial charge on any atom is 0.203 e. The molecule has 0 spiro atoms. The lowest BCUT2D eigenvalue weighted by Gasteiger charge is -2.06. The number of halogens is 1. The van der Waals surface area contributed by atoms with Crippen molar-refractivity contribution in [3.63, 3.8) is 0 Å². The van der Waals surface area contributed by atoms with Gasteiger partial charge in [0.15, 0.2) is 0 Å². The van der Waals surface area contributed by atoms with Gasteiger partial charge in [-0.2, -0.15) is 10.5 Å². The molecule has 0 aliphatic rings. The fourth-order valence-corrected chi connectivity index (χ4v) is 1.84. The zero-order valence-electron chi connectivity index (χ0n) is 9.27. The van der Waals surface area contributed by atoms with E-state index in [1.165, 1.54) is 0 Å². The Morgan fingerprint density at radius 3 is 2.67 bits per heavy atom. The first-order valence-corrected chi connectivity index (χ1v) is 5.94. The molecular weight excluding hydrogens is 294 g/mol. The highest BCUT2D eigenvalue weighted by molar-refractivity contribution is 9.10. The fraction of sp³-hybridized carbons (Fsp3) is 0.0769. The summed E-state index contributed by atoms with van der Waals surface area (Å²) >= 11 is 3.31. The quantitative estimate of drug-likeness (QED) is 0.943. The number of hydrogen-bond donors (Lipinski definition) is 1. The number of furan rings is 1. The molecule has 5 heteroatoms. The van der Waals surface area contributed by atoms with Crippen LogP contribution in [0.4, 0.5) is 5.69 Å². The van der Waals surface area contributed by atoms with Crippen LogP contribution in [-0.4, -0.2) is 0 Å². The standard InChI is InChI=1S/C13H8BrN3O/c14-10-1-4-13(9(5-10)6-15)17-8-12-3-2-11(7-16)18-12/h1-5,17H,8H2. The van der Waals surface area contributed by atoms with Crippen molar-refractivity contribution in [2.75, 3.05) is 5.32 Å². The minimum absolute atomic E-state index is 0.281. The van der Waals surface area contributed by atoms with Crippen molar-refractivity contribution in [3.05, 3.63) is 51.9 Å². The average Bonchev–Trinajstić information content (AvgIpc) is 2.85. The average molecular weight is 302 g/mol. The number of nitriles is 2. The highest BCUT2D eigenvalue weighted by Crippen LogP contribution is 2.21. The smallest absolute Gasteiger partial charge is 0.203 e. The molecule has 1 aromatic carbocycles. The van der Waals surface area contributed by atoms with Crippen molar-refractivity contribution < 1.29 is 4.42 Å². The SMILES string of the molecule is N#Cc1ccc(CNc2ccc(Br)cc2C#N)o1. The largest absolute Gasteiger partial charge is 0.449 e. The normalized spacial score (nSPS) is 9.50. The first-order chi connectivity index (χ1) is 8.72. The van der Waals surface area contributed by atoms with Crippen LogP contribution in [0.5, 0.6) is 0 Å². The molecule has 2 rings (SSSR count). The maximum atomic E-state index is 9.00. The number of anilines is 1. The lowest BCUT2D eigenvalue weighted by molar-refractivity contribution is 0.506. The fourth-order valence-electron chi connectivity index (χ4n) is 1.48. The molecule has 1 heterocycles. The van der Waals surface area contributed by atoms with E-state index in [1.54, 1.807) is 18.2 Å². The van der Waals surface area contributed by atoms with Crippen LogP contribution in [0.2, 0.25) is 0 Å². The van der Waals surface area contributed by atoms with Crippen molar-refractivity contribution in [3.8, 4) is 12.1 Å². The number of rotatable bonds is 3. The Morgan fingerprint density at radius 1 is 1.17 bits per heavy atom. The molecule has 0 fully saturated rings. The highest BCUT2D eigenvalue weighted by Gasteiger charge is 2.04. The Kier molecular flexibility index (Phi) is 3.66. The predicted octanol–water partition coefficient (Wildman–Crippen LogP) is 3.40. The molecule has 0 saturated heterocycles. The molecule has 4 nitrogen and oxygen atoms in total. The molecule has 0 saturated carbocycles. The van der Waals surface area contributed by atoms with Crippen LogP contribution in [-0.2, 0) is 6.54 Å². The third kappa shape index (κ3) is 2.71. The highest BCUT2D eigenvalue weighted by atomic mass is 79.9.